The van der Waals surface area contributed by atoms with Gasteiger partial charge in [0, 0.05) is 29.9 Å². The van der Waals surface area contributed by atoms with E-state index >= 15 is 0 Å². The summed E-state index contributed by atoms with van der Waals surface area (Å²) in [6.45, 7) is 4.74. The van der Waals surface area contributed by atoms with Crippen molar-refractivity contribution >= 4 is 23.2 Å². The molecule has 0 radical (unpaired) electrons. The first-order chi connectivity index (χ1) is 15.9. The Bertz CT molecular complexity index is 956. The van der Waals surface area contributed by atoms with Gasteiger partial charge in [0.25, 0.3) is 0 Å². The molecule has 178 valence electrons. The Kier molecular flexibility index (Phi) is 6.16. The first-order valence-electron chi connectivity index (χ1n) is 12.6. The predicted molar refractivity (Wildman–Crippen MR) is 130 cm³/mol. The second-order valence-corrected chi connectivity index (χ2v) is 10.7. The number of carbonyl (C=O) groups is 2. The van der Waals surface area contributed by atoms with Crippen LogP contribution >= 0.6 is 0 Å². The first kappa shape index (κ1) is 22.4. The Labute approximate surface area is 196 Å². The van der Waals surface area contributed by atoms with Crippen molar-refractivity contribution in [2.45, 2.75) is 83.0 Å². The van der Waals surface area contributed by atoms with E-state index in [1.165, 1.54) is 11.1 Å². The second kappa shape index (κ2) is 9.09. The summed E-state index contributed by atoms with van der Waals surface area (Å²) in [6.07, 6.45) is 6.58. The summed E-state index contributed by atoms with van der Waals surface area (Å²) < 4.78 is 0. The standard InChI is InChI=1S/C26H37N5O2/c1-14-4-3-5-17-11-21(30-22(14)17)26(33)31-24(16-6-7-16)23-15(2)10-18(13-28-23)25(32)29-20-9-8-19(27)12-20/h3-5,15-16,18-21,24,30H,6-13,27H2,1-2H3,(H,29,32)(H,31,33)/t15?,18?,19-,20?,21?,24?/m1/s1. The number of hydrogen-bond donors (Lipinski definition) is 4. The molecule has 33 heavy (non-hydrogen) atoms. The highest BCUT2D eigenvalue weighted by Gasteiger charge is 2.41. The number of anilines is 1. The zero-order valence-corrected chi connectivity index (χ0v) is 19.8. The molecule has 0 aromatic heterocycles. The summed E-state index contributed by atoms with van der Waals surface area (Å²) in [5.41, 5.74) is 10.5. The van der Waals surface area contributed by atoms with E-state index in [1.807, 2.05) is 0 Å². The molecule has 1 aromatic rings. The normalized spacial score (nSPS) is 31.8. The molecule has 5 N–H and O–H groups in total. The van der Waals surface area contributed by atoms with Gasteiger partial charge in [0.15, 0.2) is 0 Å². The SMILES string of the molecule is Cc1cccc2c1NC(C(=O)NC(C1=NCC(C(=O)NC3CC[C@@H](N)C3)CC1C)C1CC1)C2. The fourth-order valence-corrected chi connectivity index (χ4v) is 5.88. The third-order valence-electron chi connectivity index (χ3n) is 7.96. The van der Waals surface area contributed by atoms with Crippen molar-refractivity contribution < 1.29 is 9.59 Å². The number of fused-ring (bicyclic) bond motifs is 1. The zero-order valence-electron chi connectivity index (χ0n) is 19.8. The van der Waals surface area contributed by atoms with Crippen LogP contribution in [0.2, 0.25) is 0 Å². The molecule has 2 amide bonds. The van der Waals surface area contributed by atoms with E-state index in [2.05, 4.69) is 48.0 Å². The van der Waals surface area contributed by atoms with Crippen LogP contribution in [0.4, 0.5) is 5.69 Å². The van der Waals surface area contributed by atoms with Gasteiger partial charge >= 0.3 is 0 Å². The van der Waals surface area contributed by atoms with Crippen molar-refractivity contribution in [3.63, 3.8) is 0 Å². The molecular weight excluding hydrogens is 414 g/mol. The van der Waals surface area contributed by atoms with Crippen LogP contribution in [0.5, 0.6) is 0 Å². The third kappa shape index (κ3) is 4.79. The minimum Gasteiger partial charge on any atom is -0.373 e. The average molecular weight is 452 g/mol. The molecule has 4 aliphatic rings. The molecule has 0 saturated heterocycles. The van der Waals surface area contributed by atoms with Crippen LogP contribution in [0, 0.1) is 24.7 Å². The second-order valence-electron chi connectivity index (χ2n) is 10.7. The molecule has 5 rings (SSSR count). The van der Waals surface area contributed by atoms with Crippen LogP contribution in [0.3, 0.4) is 0 Å². The van der Waals surface area contributed by atoms with Crippen LogP contribution < -0.4 is 21.7 Å². The lowest BCUT2D eigenvalue weighted by molar-refractivity contribution is -0.126. The quantitative estimate of drug-likeness (QED) is 0.532. The maximum Gasteiger partial charge on any atom is 0.243 e. The van der Waals surface area contributed by atoms with Gasteiger partial charge in [-0.1, -0.05) is 25.1 Å². The summed E-state index contributed by atoms with van der Waals surface area (Å²) in [6, 6.07) is 6.38. The maximum atomic E-state index is 13.2. The lowest BCUT2D eigenvalue weighted by atomic mass is 9.84. The van der Waals surface area contributed by atoms with Crippen molar-refractivity contribution in [2.75, 3.05) is 11.9 Å². The lowest BCUT2D eigenvalue weighted by Crippen LogP contribution is -2.51. The molecule has 2 aliphatic heterocycles. The molecule has 7 nitrogen and oxygen atoms in total. The van der Waals surface area contributed by atoms with Gasteiger partial charge in [-0.15, -0.1) is 0 Å². The zero-order chi connectivity index (χ0) is 23.1. The first-order valence-corrected chi connectivity index (χ1v) is 12.6. The van der Waals surface area contributed by atoms with E-state index < -0.39 is 0 Å². The maximum absolute atomic E-state index is 13.2. The van der Waals surface area contributed by atoms with Crippen molar-refractivity contribution in [2.24, 2.45) is 28.5 Å². The Hall–Kier alpha value is -2.41. The smallest absolute Gasteiger partial charge is 0.243 e. The number of benzene rings is 1. The van der Waals surface area contributed by atoms with Crippen LogP contribution in [-0.4, -0.2) is 48.2 Å². The third-order valence-corrected chi connectivity index (χ3v) is 7.96. The van der Waals surface area contributed by atoms with Crippen LogP contribution in [0.15, 0.2) is 23.2 Å². The topological polar surface area (TPSA) is 109 Å². The highest BCUT2D eigenvalue weighted by atomic mass is 16.2. The van der Waals surface area contributed by atoms with E-state index in [0.717, 1.165) is 56.3 Å². The number of nitrogens with two attached hydrogens (primary N) is 1. The number of hydrogen-bond acceptors (Lipinski definition) is 5. The Morgan fingerprint density at radius 3 is 2.64 bits per heavy atom. The summed E-state index contributed by atoms with van der Waals surface area (Å²) in [5, 5.41) is 9.96. The summed E-state index contributed by atoms with van der Waals surface area (Å²) in [4.78, 5) is 30.9. The summed E-state index contributed by atoms with van der Waals surface area (Å²) in [7, 11) is 0. The van der Waals surface area contributed by atoms with E-state index in [-0.39, 0.29) is 47.8 Å². The Balaban J connectivity index is 1.21. The van der Waals surface area contributed by atoms with E-state index in [1.54, 1.807) is 0 Å². The van der Waals surface area contributed by atoms with Crippen molar-refractivity contribution in [1.29, 1.82) is 0 Å². The molecule has 2 heterocycles. The van der Waals surface area contributed by atoms with Gasteiger partial charge in [0.1, 0.15) is 6.04 Å². The number of aliphatic imine (C=N–C) groups is 1. The monoisotopic (exact) mass is 451 g/mol. The van der Waals surface area contributed by atoms with Crippen LogP contribution in [-0.2, 0) is 16.0 Å². The minimum absolute atomic E-state index is 0.0176. The van der Waals surface area contributed by atoms with Gasteiger partial charge in [-0.05, 0) is 68.4 Å². The van der Waals surface area contributed by atoms with Crippen LogP contribution in [0.1, 0.15) is 56.6 Å². The van der Waals surface area contributed by atoms with Gasteiger partial charge in [0.05, 0.1) is 18.5 Å². The number of para-hydroxylation sites is 1. The van der Waals surface area contributed by atoms with Gasteiger partial charge in [-0.25, -0.2) is 0 Å². The molecular formula is C26H37N5O2. The Morgan fingerprint density at radius 1 is 1.15 bits per heavy atom. The molecule has 0 bridgehead atoms. The Morgan fingerprint density at radius 2 is 1.97 bits per heavy atom. The number of carbonyl (C=O) groups excluding carboxylic acids is 2. The minimum atomic E-state index is -0.238. The number of amides is 2. The number of rotatable bonds is 6. The largest absolute Gasteiger partial charge is 0.373 e. The van der Waals surface area contributed by atoms with Gasteiger partial charge in [-0.2, -0.15) is 0 Å². The average Bonchev–Trinajstić information content (AvgIpc) is 3.40. The van der Waals surface area contributed by atoms with Gasteiger partial charge < -0.3 is 21.7 Å². The van der Waals surface area contributed by atoms with Gasteiger partial charge in [0.2, 0.25) is 11.8 Å². The molecule has 7 heteroatoms. The fourth-order valence-electron chi connectivity index (χ4n) is 5.88. The highest BCUT2D eigenvalue weighted by molar-refractivity contribution is 5.98. The summed E-state index contributed by atoms with van der Waals surface area (Å²) in [5.74, 6) is 0.715. The van der Waals surface area contributed by atoms with E-state index in [0.29, 0.717) is 12.5 Å². The van der Waals surface area contributed by atoms with Crippen molar-refractivity contribution in [3.05, 3.63) is 29.3 Å². The van der Waals surface area contributed by atoms with E-state index in [9.17, 15) is 9.59 Å². The fraction of sp³-hybridized carbons (Fsp3) is 0.654. The van der Waals surface area contributed by atoms with Crippen molar-refractivity contribution in [3.8, 4) is 0 Å². The molecule has 6 atom stereocenters. The number of nitrogens with zero attached hydrogens (tertiary/aromatic N) is 1. The highest BCUT2D eigenvalue weighted by Crippen LogP contribution is 2.37. The molecule has 0 spiro atoms. The molecule has 2 fully saturated rings. The molecule has 2 saturated carbocycles. The summed E-state index contributed by atoms with van der Waals surface area (Å²) >= 11 is 0. The molecule has 5 unspecified atom stereocenters. The van der Waals surface area contributed by atoms with Gasteiger partial charge in [-0.3, -0.25) is 14.6 Å². The molecule has 2 aliphatic carbocycles. The predicted octanol–water partition coefficient (Wildman–Crippen LogP) is 2.32. The molecule has 1 aromatic carbocycles. The van der Waals surface area contributed by atoms with Crippen LogP contribution in [0.25, 0.3) is 0 Å². The number of nitrogens with one attached hydrogen (secondary N) is 3. The number of aryl methyl sites for hydroxylation is 1. The van der Waals surface area contributed by atoms with Crippen molar-refractivity contribution in [1.82, 2.24) is 10.6 Å². The van der Waals surface area contributed by atoms with E-state index in [4.69, 9.17) is 10.7 Å². The lowest BCUT2D eigenvalue weighted by Gasteiger charge is -2.32.